The van der Waals surface area contributed by atoms with Gasteiger partial charge in [-0.15, -0.1) is 0 Å². The van der Waals surface area contributed by atoms with Crippen molar-refractivity contribution in [2.75, 3.05) is 13.2 Å². The Morgan fingerprint density at radius 3 is 1.92 bits per heavy atom. The minimum atomic E-state index is -1.31. The van der Waals surface area contributed by atoms with Crippen LogP contribution in [0.5, 0.6) is 0 Å². The molecule has 0 saturated carbocycles. The van der Waals surface area contributed by atoms with E-state index in [4.69, 9.17) is 14.2 Å². The molecule has 13 heavy (non-hydrogen) atoms. The molecular formula is C8H16N2O3. The SMILES string of the molecule is CCOC1(OCC)N=NC(C)(C)O1. The quantitative estimate of drug-likeness (QED) is 0.633. The molecule has 0 bridgehead atoms. The zero-order valence-corrected chi connectivity index (χ0v) is 8.53. The first-order chi connectivity index (χ1) is 6.04. The zero-order chi connectivity index (χ0) is 9.95. The second-order valence-corrected chi connectivity index (χ2v) is 3.14. The second-order valence-electron chi connectivity index (χ2n) is 3.14. The fourth-order valence-electron chi connectivity index (χ4n) is 1.06. The predicted octanol–water partition coefficient (Wildman–Crippen LogP) is 1.89. The molecule has 1 aliphatic rings. The van der Waals surface area contributed by atoms with Crippen molar-refractivity contribution in [3.05, 3.63) is 0 Å². The Hall–Kier alpha value is -0.520. The van der Waals surface area contributed by atoms with Gasteiger partial charge in [0.2, 0.25) is 0 Å². The first kappa shape index (κ1) is 10.6. The number of ether oxygens (including phenoxy) is 3. The van der Waals surface area contributed by atoms with Crippen molar-refractivity contribution < 1.29 is 14.2 Å². The summed E-state index contributed by atoms with van der Waals surface area (Å²) in [6.07, 6.45) is -1.31. The van der Waals surface area contributed by atoms with E-state index in [0.717, 1.165) is 0 Å². The first-order valence-electron chi connectivity index (χ1n) is 4.46. The first-order valence-corrected chi connectivity index (χ1v) is 4.46. The molecule has 1 heterocycles. The van der Waals surface area contributed by atoms with E-state index in [1.165, 1.54) is 0 Å². The summed E-state index contributed by atoms with van der Waals surface area (Å²) in [4.78, 5) is 0. The van der Waals surface area contributed by atoms with Crippen molar-refractivity contribution in [3.63, 3.8) is 0 Å². The molecular weight excluding hydrogens is 172 g/mol. The van der Waals surface area contributed by atoms with Crippen LogP contribution < -0.4 is 0 Å². The molecule has 0 spiro atoms. The van der Waals surface area contributed by atoms with Crippen LogP contribution in [0.3, 0.4) is 0 Å². The van der Waals surface area contributed by atoms with Crippen molar-refractivity contribution in [1.82, 2.24) is 0 Å². The van der Waals surface area contributed by atoms with Gasteiger partial charge in [-0.3, -0.25) is 4.74 Å². The van der Waals surface area contributed by atoms with Crippen molar-refractivity contribution in [2.45, 2.75) is 39.5 Å². The minimum absolute atomic E-state index is 0.467. The number of hydrogen-bond donors (Lipinski definition) is 0. The highest BCUT2D eigenvalue weighted by molar-refractivity contribution is 4.72. The van der Waals surface area contributed by atoms with Crippen LogP contribution in [0.4, 0.5) is 0 Å². The Labute approximate surface area is 78.1 Å². The maximum Gasteiger partial charge on any atom is 0.415 e. The van der Waals surface area contributed by atoms with Gasteiger partial charge in [-0.25, -0.2) is 0 Å². The number of azo groups is 1. The van der Waals surface area contributed by atoms with Gasteiger partial charge in [0.05, 0.1) is 13.2 Å². The highest BCUT2D eigenvalue weighted by atomic mass is 16.9. The molecule has 0 radical (unpaired) electrons. The smallest absolute Gasteiger partial charge is 0.307 e. The number of hydrogen-bond acceptors (Lipinski definition) is 5. The lowest BCUT2D eigenvalue weighted by atomic mass is 10.3. The average Bonchev–Trinajstić information content (AvgIpc) is 2.28. The molecule has 1 rings (SSSR count). The van der Waals surface area contributed by atoms with Crippen LogP contribution in [0.25, 0.3) is 0 Å². The topological polar surface area (TPSA) is 52.4 Å². The number of nitrogens with zero attached hydrogens (tertiary/aromatic N) is 2. The van der Waals surface area contributed by atoms with Crippen molar-refractivity contribution in [2.24, 2.45) is 10.2 Å². The summed E-state index contributed by atoms with van der Waals surface area (Å²) in [5, 5.41) is 7.77. The lowest BCUT2D eigenvalue weighted by molar-refractivity contribution is -0.382. The van der Waals surface area contributed by atoms with Crippen LogP contribution in [-0.4, -0.2) is 25.0 Å². The van der Waals surface area contributed by atoms with E-state index in [2.05, 4.69) is 10.2 Å². The van der Waals surface area contributed by atoms with Crippen LogP contribution in [-0.2, 0) is 14.2 Å². The van der Waals surface area contributed by atoms with Crippen molar-refractivity contribution in [1.29, 1.82) is 0 Å². The van der Waals surface area contributed by atoms with Gasteiger partial charge < -0.3 is 9.47 Å². The van der Waals surface area contributed by atoms with Gasteiger partial charge in [0.15, 0.2) is 5.72 Å². The second kappa shape index (κ2) is 3.69. The normalized spacial score (nSPS) is 23.7. The summed E-state index contributed by atoms with van der Waals surface area (Å²) in [6, 6.07) is 0. The van der Waals surface area contributed by atoms with Crippen LogP contribution in [0.1, 0.15) is 27.7 Å². The van der Waals surface area contributed by atoms with E-state index in [1.54, 1.807) is 13.8 Å². The van der Waals surface area contributed by atoms with E-state index in [0.29, 0.717) is 13.2 Å². The monoisotopic (exact) mass is 188 g/mol. The Balaban J connectivity index is 2.67. The fourth-order valence-corrected chi connectivity index (χ4v) is 1.06. The highest BCUT2D eigenvalue weighted by Crippen LogP contribution is 2.33. The molecule has 0 N–H and O–H groups in total. The van der Waals surface area contributed by atoms with Crippen LogP contribution in [0.2, 0.25) is 0 Å². The van der Waals surface area contributed by atoms with Gasteiger partial charge >= 0.3 is 6.10 Å². The fraction of sp³-hybridized carbons (Fsp3) is 1.00. The van der Waals surface area contributed by atoms with Gasteiger partial charge in [0.25, 0.3) is 0 Å². The molecule has 5 heteroatoms. The van der Waals surface area contributed by atoms with E-state index >= 15 is 0 Å². The predicted molar refractivity (Wildman–Crippen MR) is 46.0 cm³/mol. The summed E-state index contributed by atoms with van der Waals surface area (Å²) in [5.41, 5.74) is -0.662. The largest absolute Gasteiger partial charge is 0.415 e. The maximum absolute atomic E-state index is 5.44. The van der Waals surface area contributed by atoms with Gasteiger partial charge in [-0.2, -0.15) is 5.11 Å². The standard InChI is InChI=1S/C8H16N2O3/c1-5-11-8(12-6-2)10-9-7(3,4)13-8/h5-6H2,1-4H3. The highest BCUT2D eigenvalue weighted by Gasteiger charge is 2.45. The average molecular weight is 188 g/mol. The molecule has 0 aromatic carbocycles. The molecule has 76 valence electrons. The third-order valence-electron chi connectivity index (χ3n) is 1.45. The molecule has 1 aliphatic heterocycles. The summed E-state index contributed by atoms with van der Waals surface area (Å²) >= 11 is 0. The Kier molecular flexibility index (Phi) is 3.00. The van der Waals surface area contributed by atoms with Crippen molar-refractivity contribution >= 4 is 0 Å². The molecule has 0 aromatic rings. The Bertz CT molecular complexity index is 198. The Morgan fingerprint density at radius 2 is 1.62 bits per heavy atom. The van der Waals surface area contributed by atoms with E-state index < -0.39 is 11.8 Å². The molecule has 5 nitrogen and oxygen atoms in total. The number of rotatable bonds is 4. The Morgan fingerprint density at radius 1 is 1.08 bits per heavy atom. The van der Waals surface area contributed by atoms with E-state index in [9.17, 15) is 0 Å². The van der Waals surface area contributed by atoms with Crippen LogP contribution in [0, 0.1) is 0 Å². The summed E-state index contributed by atoms with van der Waals surface area (Å²) in [6.45, 7) is 8.24. The molecule has 0 unspecified atom stereocenters. The molecule has 0 fully saturated rings. The molecule has 0 saturated heterocycles. The molecule has 0 aliphatic carbocycles. The zero-order valence-electron chi connectivity index (χ0n) is 8.53. The molecule has 0 atom stereocenters. The van der Waals surface area contributed by atoms with Crippen molar-refractivity contribution in [3.8, 4) is 0 Å². The van der Waals surface area contributed by atoms with Gasteiger partial charge in [0, 0.05) is 0 Å². The molecule has 0 aromatic heterocycles. The van der Waals surface area contributed by atoms with Gasteiger partial charge in [-0.05, 0) is 27.7 Å². The molecule has 0 amide bonds. The minimum Gasteiger partial charge on any atom is -0.307 e. The van der Waals surface area contributed by atoms with Gasteiger partial charge in [0.1, 0.15) is 0 Å². The third kappa shape index (κ3) is 2.46. The lowest BCUT2D eigenvalue weighted by Gasteiger charge is -2.25. The maximum atomic E-state index is 5.44. The third-order valence-corrected chi connectivity index (χ3v) is 1.45. The van der Waals surface area contributed by atoms with Gasteiger partial charge in [-0.1, -0.05) is 5.11 Å². The summed E-state index contributed by atoms with van der Waals surface area (Å²) in [5.74, 6) is 0. The lowest BCUT2D eigenvalue weighted by Crippen LogP contribution is -2.38. The van der Waals surface area contributed by atoms with E-state index in [-0.39, 0.29) is 0 Å². The van der Waals surface area contributed by atoms with E-state index in [1.807, 2.05) is 13.8 Å². The summed E-state index contributed by atoms with van der Waals surface area (Å²) < 4.78 is 16.0. The van der Waals surface area contributed by atoms with Crippen LogP contribution >= 0.6 is 0 Å². The van der Waals surface area contributed by atoms with Crippen LogP contribution in [0.15, 0.2) is 10.2 Å². The summed E-state index contributed by atoms with van der Waals surface area (Å²) in [7, 11) is 0.